The van der Waals surface area contributed by atoms with Gasteiger partial charge in [0.05, 0.1) is 5.56 Å². The van der Waals surface area contributed by atoms with Gasteiger partial charge in [-0.1, -0.05) is 23.8 Å². The van der Waals surface area contributed by atoms with Gasteiger partial charge in [-0.2, -0.15) is 0 Å². The highest BCUT2D eigenvalue weighted by Gasteiger charge is 2.20. The smallest absolute Gasteiger partial charge is 0.338 e. The SMILES string of the molecule is CO[C@H]1C=CC(COC(=O)c2ccc(C)cc2)O1. The lowest BCUT2D eigenvalue weighted by Crippen LogP contribution is -2.21. The minimum absolute atomic E-state index is 0.197. The molecular weight excluding hydrogens is 232 g/mol. The quantitative estimate of drug-likeness (QED) is 0.604. The van der Waals surface area contributed by atoms with Crippen LogP contribution in [0, 0.1) is 6.92 Å². The van der Waals surface area contributed by atoms with Gasteiger partial charge in [-0.25, -0.2) is 4.79 Å². The molecule has 4 nitrogen and oxygen atoms in total. The topological polar surface area (TPSA) is 44.8 Å². The van der Waals surface area contributed by atoms with Crippen molar-refractivity contribution in [2.45, 2.75) is 19.3 Å². The van der Waals surface area contributed by atoms with Gasteiger partial charge < -0.3 is 14.2 Å². The molecule has 0 saturated heterocycles. The van der Waals surface area contributed by atoms with E-state index >= 15 is 0 Å². The van der Waals surface area contributed by atoms with Gasteiger partial charge in [0.1, 0.15) is 12.7 Å². The number of hydrogen-bond donors (Lipinski definition) is 0. The fourth-order valence-electron chi connectivity index (χ4n) is 1.64. The Hall–Kier alpha value is -1.65. The molecular formula is C14H16O4. The summed E-state index contributed by atoms with van der Waals surface area (Å²) < 4.78 is 15.6. The average molecular weight is 248 g/mol. The van der Waals surface area contributed by atoms with Gasteiger partial charge in [0.25, 0.3) is 0 Å². The van der Waals surface area contributed by atoms with Crippen molar-refractivity contribution >= 4 is 5.97 Å². The summed E-state index contributed by atoms with van der Waals surface area (Å²) in [4.78, 5) is 11.7. The first-order chi connectivity index (χ1) is 8.69. The minimum Gasteiger partial charge on any atom is -0.459 e. The molecule has 1 aromatic rings. The van der Waals surface area contributed by atoms with Crippen molar-refractivity contribution in [1.29, 1.82) is 0 Å². The first-order valence-electron chi connectivity index (χ1n) is 5.79. The van der Waals surface area contributed by atoms with Crippen LogP contribution in [0.1, 0.15) is 15.9 Å². The van der Waals surface area contributed by atoms with Crippen molar-refractivity contribution in [3.8, 4) is 0 Å². The van der Waals surface area contributed by atoms with Crippen molar-refractivity contribution in [1.82, 2.24) is 0 Å². The first kappa shape index (κ1) is 12.8. The molecule has 0 aromatic heterocycles. The Labute approximate surface area is 106 Å². The van der Waals surface area contributed by atoms with Crippen molar-refractivity contribution in [3.05, 3.63) is 47.5 Å². The predicted molar refractivity (Wildman–Crippen MR) is 66.3 cm³/mol. The van der Waals surface area contributed by atoms with Crippen LogP contribution in [0.2, 0.25) is 0 Å². The summed E-state index contributed by atoms with van der Waals surface area (Å²) in [5.74, 6) is -0.340. The van der Waals surface area contributed by atoms with Crippen LogP contribution < -0.4 is 0 Å². The van der Waals surface area contributed by atoms with E-state index in [1.165, 1.54) is 0 Å². The summed E-state index contributed by atoms with van der Waals surface area (Å²) in [7, 11) is 1.57. The molecule has 1 aromatic carbocycles. The minimum atomic E-state index is -0.340. The van der Waals surface area contributed by atoms with Crippen LogP contribution in [0.15, 0.2) is 36.4 Å². The second-order valence-corrected chi connectivity index (χ2v) is 4.13. The van der Waals surface area contributed by atoms with E-state index in [0.29, 0.717) is 5.56 Å². The van der Waals surface area contributed by atoms with Crippen LogP contribution in [-0.2, 0) is 14.2 Å². The molecule has 0 saturated carbocycles. The second kappa shape index (κ2) is 5.80. The number of carbonyl (C=O) groups is 1. The monoisotopic (exact) mass is 248 g/mol. The van der Waals surface area contributed by atoms with E-state index in [9.17, 15) is 4.79 Å². The second-order valence-electron chi connectivity index (χ2n) is 4.13. The van der Waals surface area contributed by atoms with Crippen LogP contribution in [0.25, 0.3) is 0 Å². The number of esters is 1. The van der Waals surface area contributed by atoms with E-state index in [1.807, 2.05) is 25.1 Å². The molecule has 0 amide bonds. The number of methoxy groups -OCH3 is 1. The zero-order chi connectivity index (χ0) is 13.0. The molecule has 18 heavy (non-hydrogen) atoms. The van der Waals surface area contributed by atoms with Gasteiger partial charge in [-0.3, -0.25) is 0 Å². The van der Waals surface area contributed by atoms with E-state index in [4.69, 9.17) is 14.2 Å². The third-order valence-electron chi connectivity index (χ3n) is 2.69. The molecule has 1 heterocycles. The summed E-state index contributed by atoms with van der Waals surface area (Å²) in [6, 6.07) is 7.26. The molecule has 96 valence electrons. The Kier molecular flexibility index (Phi) is 4.12. The standard InChI is InChI=1S/C14H16O4/c1-10-3-5-11(6-4-10)14(15)17-9-12-7-8-13(16-2)18-12/h3-8,12-13H,9H2,1-2H3/t12?,13-/m1/s1. The molecule has 1 aliphatic rings. The lowest BCUT2D eigenvalue weighted by Gasteiger charge is -2.13. The van der Waals surface area contributed by atoms with Crippen molar-refractivity contribution < 1.29 is 19.0 Å². The van der Waals surface area contributed by atoms with Gasteiger partial charge >= 0.3 is 5.97 Å². The van der Waals surface area contributed by atoms with Gasteiger partial charge in [-0.15, -0.1) is 0 Å². The lowest BCUT2D eigenvalue weighted by atomic mass is 10.1. The Morgan fingerprint density at radius 2 is 2.00 bits per heavy atom. The maximum atomic E-state index is 11.7. The zero-order valence-electron chi connectivity index (χ0n) is 10.5. The highest BCUT2D eigenvalue weighted by Crippen LogP contribution is 2.13. The van der Waals surface area contributed by atoms with Crippen molar-refractivity contribution in [2.24, 2.45) is 0 Å². The van der Waals surface area contributed by atoms with Crippen LogP contribution in [0.5, 0.6) is 0 Å². The third-order valence-corrected chi connectivity index (χ3v) is 2.69. The molecule has 0 radical (unpaired) electrons. The van der Waals surface area contributed by atoms with E-state index in [2.05, 4.69) is 0 Å². The fourth-order valence-corrected chi connectivity index (χ4v) is 1.64. The van der Waals surface area contributed by atoms with E-state index < -0.39 is 0 Å². The summed E-state index contributed by atoms with van der Waals surface area (Å²) in [5, 5.41) is 0. The molecule has 2 rings (SSSR count). The Morgan fingerprint density at radius 1 is 1.28 bits per heavy atom. The maximum absolute atomic E-state index is 11.7. The summed E-state index contributed by atoms with van der Waals surface area (Å²) in [6.45, 7) is 2.17. The largest absolute Gasteiger partial charge is 0.459 e. The van der Waals surface area contributed by atoms with Crippen LogP contribution in [0.3, 0.4) is 0 Å². The van der Waals surface area contributed by atoms with Crippen molar-refractivity contribution in [2.75, 3.05) is 13.7 Å². The highest BCUT2D eigenvalue weighted by molar-refractivity contribution is 5.89. The molecule has 4 heteroatoms. The predicted octanol–water partition coefficient (Wildman–Crippen LogP) is 2.08. The van der Waals surface area contributed by atoms with Crippen LogP contribution in [-0.4, -0.2) is 32.1 Å². The van der Waals surface area contributed by atoms with E-state index in [-0.39, 0.29) is 25.0 Å². The number of hydrogen-bond acceptors (Lipinski definition) is 4. The molecule has 1 unspecified atom stereocenters. The molecule has 0 aliphatic carbocycles. The van der Waals surface area contributed by atoms with Crippen LogP contribution >= 0.6 is 0 Å². The Bertz CT molecular complexity index is 436. The number of carbonyl (C=O) groups excluding carboxylic acids is 1. The molecule has 0 bridgehead atoms. The van der Waals surface area contributed by atoms with E-state index in [1.54, 1.807) is 25.3 Å². The molecule has 0 spiro atoms. The zero-order valence-corrected chi connectivity index (χ0v) is 10.5. The maximum Gasteiger partial charge on any atom is 0.338 e. The number of ether oxygens (including phenoxy) is 3. The Morgan fingerprint density at radius 3 is 2.61 bits per heavy atom. The van der Waals surface area contributed by atoms with Crippen LogP contribution in [0.4, 0.5) is 0 Å². The average Bonchev–Trinajstić information content (AvgIpc) is 2.85. The van der Waals surface area contributed by atoms with Crippen molar-refractivity contribution in [3.63, 3.8) is 0 Å². The summed E-state index contributed by atoms with van der Waals surface area (Å²) in [6.07, 6.45) is 3.05. The van der Waals surface area contributed by atoms with E-state index in [0.717, 1.165) is 5.56 Å². The number of rotatable bonds is 4. The molecule has 2 atom stereocenters. The molecule has 1 aliphatic heterocycles. The first-order valence-corrected chi connectivity index (χ1v) is 5.79. The van der Waals surface area contributed by atoms with Gasteiger partial charge in [0.15, 0.2) is 6.29 Å². The fraction of sp³-hybridized carbons (Fsp3) is 0.357. The molecule has 0 N–H and O–H groups in total. The third kappa shape index (κ3) is 3.18. The normalized spacial score (nSPS) is 22.1. The summed E-state index contributed by atoms with van der Waals surface area (Å²) in [5.41, 5.74) is 1.66. The summed E-state index contributed by atoms with van der Waals surface area (Å²) >= 11 is 0. The Balaban J connectivity index is 1.82. The molecule has 0 fully saturated rings. The van der Waals surface area contributed by atoms with Gasteiger partial charge in [-0.05, 0) is 25.1 Å². The highest BCUT2D eigenvalue weighted by atomic mass is 16.7. The van der Waals surface area contributed by atoms with Gasteiger partial charge in [0.2, 0.25) is 0 Å². The number of benzene rings is 1. The lowest BCUT2D eigenvalue weighted by molar-refractivity contribution is -0.109. The van der Waals surface area contributed by atoms with Gasteiger partial charge in [0, 0.05) is 7.11 Å². The number of aryl methyl sites for hydroxylation is 1.